The summed E-state index contributed by atoms with van der Waals surface area (Å²) in [5.41, 5.74) is 6.55. The quantitative estimate of drug-likeness (QED) is 0.790. The van der Waals surface area contributed by atoms with Crippen LogP contribution in [0.2, 0.25) is 0 Å². The molecule has 1 aromatic rings. The van der Waals surface area contributed by atoms with Crippen LogP contribution >= 0.6 is 11.8 Å². The van der Waals surface area contributed by atoms with Gasteiger partial charge < -0.3 is 5.73 Å². The first-order chi connectivity index (χ1) is 7.24. The van der Waals surface area contributed by atoms with Crippen molar-refractivity contribution in [3.05, 3.63) is 30.1 Å². The van der Waals surface area contributed by atoms with E-state index in [1.54, 1.807) is 18.0 Å². The summed E-state index contributed by atoms with van der Waals surface area (Å²) in [6.45, 7) is 0. The molecule has 82 valence electrons. The largest absolute Gasteiger partial charge is 0.321 e. The van der Waals surface area contributed by atoms with Crippen molar-refractivity contribution in [1.82, 2.24) is 4.98 Å². The Labute approximate surface area is 94.5 Å². The molecule has 0 unspecified atom stereocenters. The van der Waals surface area contributed by atoms with E-state index in [1.165, 1.54) is 0 Å². The second-order valence-electron chi connectivity index (χ2n) is 3.35. The van der Waals surface area contributed by atoms with Gasteiger partial charge in [0.2, 0.25) is 0 Å². The Hall–Kier alpha value is -0.870. The molecule has 2 N–H and O–H groups in total. The number of Topliss-reactive ketones (excluding diaryl/α,β-unsaturated/α-hetero) is 1. The van der Waals surface area contributed by atoms with Gasteiger partial charge in [-0.15, -0.1) is 0 Å². The molecule has 0 bridgehead atoms. The normalized spacial score (nSPS) is 12.4. The Morgan fingerprint density at radius 3 is 3.00 bits per heavy atom. The highest BCUT2D eigenvalue weighted by molar-refractivity contribution is 7.98. The first kappa shape index (κ1) is 12.2. The average Bonchev–Trinajstić information content (AvgIpc) is 2.27. The third-order valence-corrected chi connectivity index (χ3v) is 2.77. The Morgan fingerprint density at radius 2 is 2.40 bits per heavy atom. The van der Waals surface area contributed by atoms with Gasteiger partial charge in [-0.3, -0.25) is 9.78 Å². The third kappa shape index (κ3) is 4.44. The second kappa shape index (κ2) is 6.58. The summed E-state index contributed by atoms with van der Waals surface area (Å²) in [5.74, 6) is 0.998. The van der Waals surface area contributed by atoms with E-state index in [4.69, 9.17) is 5.73 Å². The van der Waals surface area contributed by atoms with Crippen molar-refractivity contribution in [2.24, 2.45) is 5.73 Å². The van der Waals surface area contributed by atoms with Gasteiger partial charge in [-0.1, -0.05) is 6.07 Å². The molecule has 0 saturated carbocycles. The van der Waals surface area contributed by atoms with Crippen LogP contribution < -0.4 is 5.73 Å². The standard InChI is InChI=1S/C11H16N2OS/c1-15-7-5-10(12)11(14)8-9-4-2-3-6-13-9/h2-4,6,10H,5,7-8,12H2,1H3/t10-/m0/s1. The van der Waals surface area contributed by atoms with Gasteiger partial charge in [-0.2, -0.15) is 11.8 Å². The Kier molecular flexibility index (Phi) is 5.36. The summed E-state index contributed by atoms with van der Waals surface area (Å²) in [5, 5.41) is 0. The molecule has 0 amide bonds. The molecule has 15 heavy (non-hydrogen) atoms. The molecule has 0 radical (unpaired) electrons. The van der Waals surface area contributed by atoms with E-state index in [0.29, 0.717) is 6.42 Å². The number of nitrogens with two attached hydrogens (primary N) is 1. The number of pyridine rings is 1. The maximum absolute atomic E-state index is 11.6. The molecule has 1 atom stereocenters. The minimum atomic E-state index is -0.348. The van der Waals surface area contributed by atoms with Crippen LogP contribution in [0.4, 0.5) is 0 Å². The lowest BCUT2D eigenvalue weighted by Crippen LogP contribution is -2.32. The summed E-state index contributed by atoms with van der Waals surface area (Å²) >= 11 is 1.71. The predicted octanol–water partition coefficient (Wildman–Crippen LogP) is 1.27. The van der Waals surface area contributed by atoms with Crippen LogP contribution in [0.3, 0.4) is 0 Å². The third-order valence-electron chi connectivity index (χ3n) is 2.13. The van der Waals surface area contributed by atoms with Crippen molar-refractivity contribution in [2.45, 2.75) is 18.9 Å². The molecular formula is C11H16N2OS. The van der Waals surface area contributed by atoms with Gasteiger partial charge in [-0.25, -0.2) is 0 Å². The maximum atomic E-state index is 11.6. The number of thioether (sulfide) groups is 1. The lowest BCUT2D eigenvalue weighted by Gasteiger charge is -2.08. The number of aromatic nitrogens is 1. The summed E-state index contributed by atoms with van der Waals surface area (Å²) in [6, 6.07) is 5.21. The average molecular weight is 224 g/mol. The fourth-order valence-corrected chi connectivity index (χ4v) is 1.71. The number of rotatable bonds is 6. The fourth-order valence-electron chi connectivity index (χ4n) is 1.22. The highest BCUT2D eigenvalue weighted by Crippen LogP contribution is 2.03. The van der Waals surface area contributed by atoms with E-state index < -0.39 is 0 Å². The number of carbonyl (C=O) groups is 1. The topological polar surface area (TPSA) is 56.0 Å². The van der Waals surface area contributed by atoms with Crippen LogP contribution in [0.15, 0.2) is 24.4 Å². The van der Waals surface area contributed by atoms with Crippen molar-refractivity contribution in [1.29, 1.82) is 0 Å². The predicted molar refractivity (Wildman–Crippen MR) is 63.9 cm³/mol. The Balaban J connectivity index is 2.42. The maximum Gasteiger partial charge on any atom is 0.155 e. The van der Waals surface area contributed by atoms with E-state index in [1.807, 2.05) is 24.5 Å². The highest BCUT2D eigenvalue weighted by atomic mass is 32.2. The first-order valence-corrected chi connectivity index (χ1v) is 6.30. The van der Waals surface area contributed by atoms with Crippen LogP contribution in [0.25, 0.3) is 0 Å². The summed E-state index contributed by atoms with van der Waals surface area (Å²) in [6.07, 6.45) is 4.79. The van der Waals surface area contributed by atoms with Crippen molar-refractivity contribution < 1.29 is 4.79 Å². The molecule has 1 heterocycles. The SMILES string of the molecule is CSCC[C@H](N)C(=O)Cc1ccccn1. The molecule has 0 spiro atoms. The minimum absolute atomic E-state index is 0.0720. The Bertz CT molecular complexity index is 303. The van der Waals surface area contributed by atoms with Gasteiger partial charge in [0.1, 0.15) is 0 Å². The highest BCUT2D eigenvalue weighted by Gasteiger charge is 2.13. The van der Waals surface area contributed by atoms with Crippen LogP contribution in [0.1, 0.15) is 12.1 Å². The molecule has 1 aromatic heterocycles. The molecule has 3 nitrogen and oxygen atoms in total. The molecular weight excluding hydrogens is 208 g/mol. The van der Waals surface area contributed by atoms with Gasteiger partial charge in [0.15, 0.2) is 5.78 Å². The van der Waals surface area contributed by atoms with Gasteiger partial charge >= 0.3 is 0 Å². The molecule has 0 aromatic carbocycles. The fraction of sp³-hybridized carbons (Fsp3) is 0.455. The van der Waals surface area contributed by atoms with Crippen molar-refractivity contribution in [2.75, 3.05) is 12.0 Å². The molecule has 0 aliphatic carbocycles. The van der Waals surface area contributed by atoms with E-state index in [0.717, 1.165) is 17.9 Å². The van der Waals surface area contributed by atoms with E-state index in [-0.39, 0.29) is 11.8 Å². The lowest BCUT2D eigenvalue weighted by atomic mass is 10.1. The van der Waals surface area contributed by atoms with Crippen LogP contribution in [0, 0.1) is 0 Å². The summed E-state index contributed by atoms with van der Waals surface area (Å²) in [7, 11) is 0. The van der Waals surface area contributed by atoms with E-state index in [2.05, 4.69) is 4.98 Å². The Morgan fingerprint density at radius 1 is 1.60 bits per heavy atom. The lowest BCUT2D eigenvalue weighted by molar-refractivity contribution is -0.119. The number of hydrogen-bond acceptors (Lipinski definition) is 4. The van der Waals surface area contributed by atoms with Crippen LogP contribution in [-0.4, -0.2) is 28.8 Å². The number of ketones is 1. The molecule has 1 rings (SSSR count). The monoisotopic (exact) mass is 224 g/mol. The molecule has 0 saturated heterocycles. The molecule has 4 heteroatoms. The van der Waals surface area contributed by atoms with Gasteiger partial charge in [0, 0.05) is 11.9 Å². The van der Waals surface area contributed by atoms with Crippen molar-refractivity contribution >= 4 is 17.5 Å². The summed E-state index contributed by atoms with van der Waals surface area (Å²) in [4.78, 5) is 15.7. The molecule has 0 fully saturated rings. The number of nitrogens with zero attached hydrogens (tertiary/aromatic N) is 1. The van der Waals surface area contributed by atoms with Crippen LogP contribution in [-0.2, 0) is 11.2 Å². The van der Waals surface area contributed by atoms with Gasteiger partial charge in [-0.05, 0) is 30.6 Å². The zero-order valence-corrected chi connectivity index (χ0v) is 9.67. The van der Waals surface area contributed by atoms with E-state index in [9.17, 15) is 4.79 Å². The second-order valence-corrected chi connectivity index (χ2v) is 4.34. The van der Waals surface area contributed by atoms with Gasteiger partial charge in [0.25, 0.3) is 0 Å². The zero-order valence-electron chi connectivity index (χ0n) is 8.85. The molecule has 0 aliphatic heterocycles. The van der Waals surface area contributed by atoms with E-state index >= 15 is 0 Å². The zero-order chi connectivity index (χ0) is 11.1. The van der Waals surface area contributed by atoms with Crippen molar-refractivity contribution in [3.8, 4) is 0 Å². The number of carbonyl (C=O) groups excluding carboxylic acids is 1. The first-order valence-electron chi connectivity index (χ1n) is 4.91. The van der Waals surface area contributed by atoms with Gasteiger partial charge in [0.05, 0.1) is 12.5 Å². The smallest absolute Gasteiger partial charge is 0.155 e. The van der Waals surface area contributed by atoms with Crippen LogP contribution in [0.5, 0.6) is 0 Å². The van der Waals surface area contributed by atoms with Crippen molar-refractivity contribution in [3.63, 3.8) is 0 Å². The summed E-state index contributed by atoms with van der Waals surface area (Å²) < 4.78 is 0. The number of hydrogen-bond donors (Lipinski definition) is 1. The minimum Gasteiger partial charge on any atom is -0.321 e. The molecule has 0 aliphatic rings.